The lowest BCUT2D eigenvalue weighted by molar-refractivity contribution is -0.0822. The first-order valence-corrected chi connectivity index (χ1v) is 9.15. The molecule has 8 nitrogen and oxygen atoms in total. The van der Waals surface area contributed by atoms with Gasteiger partial charge < -0.3 is 33.5 Å². The molecule has 8 heteroatoms. The summed E-state index contributed by atoms with van der Waals surface area (Å²) in [4.78, 5) is 12.8. The molecular formula is C22H18O8. The summed E-state index contributed by atoms with van der Waals surface area (Å²) in [6, 6.07) is 8.77. The van der Waals surface area contributed by atoms with Crippen LogP contribution in [0.4, 0.5) is 0 Å². The molecule has 2 heterocycles. The fourth-order valence-corrected chi connectivity index (χ4v) is 3.99. The Labute approximate surface area is 171 Å². The third kappa shape index (κ3) is 2.47. The Hall–Kier alpha value is -3.65. The van der Waals surface area contributed by atoms with Crippen molar-refractivity contribution in [1.29, 1.82) is 0 Å². The van der Waals surface area contributed by atoms with Crippen molar-refractivity contribution in [3.05, 3.63) is 41.5 Å². The predicted octanol–water partition coefficient (Wildman–Crippen LogP) is 3.77. The summed E-state index contributed by atoms with van der Waals surface area (Å²) in [5.74, 6) is 1.39. The van der Waals surface area contributed by atoms with E-state index in [0.717, 1.165) is 0 Å². The Kier molecular flexibility index (Phi) is 4.11. The van der Waals surface area contributed by atoms with E-state index in [1.807, 2.05) is 6.07 Å². The van der Waals surface area contributed by atoms with E-state index in [9.17, 15) is 9.90 Å². The molecule has 0 aliphatic carbocycles. The van der Waals surface area contributed by atoms with Gasteiger partial charge in [0.2, 0.25) is 13.1 Å². The number of carbonyl (C=O) groups excluding carboxylic acids is 1. The van der Waals surface area contributed by atoms with Gasteiger partial charge in [-0.1, -0.05) is 6.07 Å². The van der Waals surface area contributed by atoms with E-state index in [2.05, 4.69) is 0 Å². The lowest BCUT2D eigenvalue weighted by atomic mass is 9.89. The lowest BCUT2D eigenvalue weighted by Gasteiger charge is -2.17. The van der Waals surface area contributed by atoms with Crippen LogP contribution in [0, 0.1) is 0 Å². The highest BCUT2D eigenvalue weighted by Gasteiger charge is 2.39. The minimum absolute atomic E-state index is 0.108. The Morgan fingerprint density at radius 1 is 0.933 bits per heavy atom. The van der Waals surface area contributed by atoms with Crippen molar-refractivity contribution < 1.29 is 38.3 Å². The van der Waals surface area contributed by atoms with Crippen LogP contribution in [-0.2, 0) is 9.47 Å². The predicted molar refractivity (Wildman–Crippen MR) is 105 cm³/mol. The largest absolute Gasteiger partial charge is 0.507 e. The molecule has 30 heavy (non-hydrogen) atoms. The van der Waals surface area contributed by atoms with Gasteiger partial charge in [-0.05, 0) is 35.2 Å². The maximum Gasteiger partial charge on any atom is 0.342 e. The van der Waals surface area contributed by atoms with Crippen LogP contribution in [0.15, 0.2) is 30.3 Å². The van der Waals surface area contributed by atoms with Crippen LogP contribution in [-0.4, -0.2) is 39.2 Å². The molecule has 154 valence electrons. The monoisotopic (exact) mass is 410 g/mol. The van der Waals surface area contributed by atoms with Gasteiger partial charge in [0.05, 0.1) is 25.3 Å². The molecule has 0 saturated heterocycles. The number of hydrogen-bond acceptors (Lipinski definition) is 8. The van der Waals surface area contributed by atoms with E-state index in [-0.39, 0.29) is 23.7 Å². The van der Waals surface area contributed by atoms with E-state index in [4.69, 9.17) is 28.4 Å². The average Bonchev–Trinajstić information content (AvgIpc) is 3.37. The van der Waals surface area contributed by atoms with Gasteiger partial charge in [-0.3, -0.25) is 0 Å². The third-order valence-electron chi connectivity index (χ3n) is 5.35. The molecule has 0 radical (unpaired) electrons. The number of phenols is 1. The molecule has 3 aromatic rings. The minimum Gasteiger partial charge on any atom is -0.507 e. The highest BCUT2D eigenvalue weighted by atomic mass is 16.7. The van der Waals surface area contributed by atoms with Gasteiger partial charge >= 0.3 is 5.97 Å². The molecule has 0 amide bonds. The summed E-state index contributed by atoms with van der Waals surface area (Å²) in [6.07, 6.45) is -1.02. The van der Waals surface area contributed by atoms with Gasteiger partial charge in [0.25, 0.3) is 0 Å². The molecule has 3 aromatic carbocycles. The summed E-state index contributed by atoms with van der Waals surface area (Å²) < 4.78 is 32.4. The SMILES string of the molecule is COc1cc2c(O)c3c(c(-c4ccc5c(c4)OCO5)c2cc1OC)C(=O)OC3OC. The van der Waals surface area contributed by atoms with Crippen molar-refractivity contribution in [1.82, 2.24) is 0 Å². The Bertz CT molecular complexity index is 1200. The summed E-state index contributed by atoms with van der Waals surface area (Å²) in [5.41, 5.74) is 1.77. The normalized spacial score (nSPS) is 16.5. The van der Waals surface area contributed by atoms with Crippen molar-refractivity contribution in [3.8, 4) is 39.9 Å². The number of benzene rings is 3. The van der Waals surface area contributed by atoms with E-state index in [0.29, 0.717) is 44.9 Å². The summed E-state index contributed by atoms with van der Waals surface area (Å²) in [5, 5.41) is 12.1. The Balaban J connectivity index is 1.91. The van der Waals surface area contributed by atoms with Crippen LogP contribution < -0.4 is 18.9 Å². The van der Waals surface area contributed by atoms with E-state index in [1.54, 1.807) is 24.3 Å². The maximum absolute atomic E-state index is 12.8. The zero-order valence-corrected chi connectivity index (χ0v) is 16.5. The van der Waals surface area contributed by atoms with Crippen molar-refractivity contribution in [2.75, 3.05) is 28.1 Å². The Morgan fingerprint density at radius 2 is 1.63 bits per heavy atom. The van der Waals surface area contributed by atoms with Gasteiger partial charge in [0.15, 0.2) is 23.0 Å². The van der Waals surface area contributed by atoms with Gasteiger partial charge in [-0.25, -0.2) is 4.79 Å². The summed E-state index contributed by atoms with van der Waals surface area (Å²) in [6.45, 7) is 0.131. The van der Waals surface area contributed by atoms with Crippen LogP contribution in [0.5, 0.6) is 28.7 Å². The minimum atomic E-state index is -1.02. The van der Waals surface area contributed by atoms with Crippen LogP contribution in [0.2, 0.25) is 0 Å². The topological polar surface area (TPSA) is 92.7 Å². The second-order valence-corrected chi connectivity index (χ2v) is 6.81. The molecule has 1 N–H and O–H groups in total. The first-order valence-electron chi connectivity index (χ1n) is 9.15. The summed E-state index contributed by atoms with van der Waals surface area (Å²) >= 11 is 0. The molecule has 2 aliphatic heterocycles. The van der Waals surface area contributed by atoms with Crippen molar-refractivity contribution >= 4 is 16.7 Å². The third-order valence-corrected chi connectivity index (χ3v) is 5.35. The van der Waals surface area contributed by atoms with Gasteiger partial charge in [0, 0.05) is 18.1 Å². The lowest BCUT2D eigenvalue weighted by Crippen LogP contribution is -2.00. The fourth-order valence-electron chi connectivity index (χ4n) is 3.99. The molecule has 0 fully saturated rings. The van der Waals surface area contributed by atoms with Crippen LogP contribution >= 0.6 is 0 Å². The second-order valence-electron chi connectivity index (χ2n) is 6.81. The molecule has 0 bridgehead atoms. The van der Waals surface area contributed by atoms with Crippen molar-refractivity contribution in [2.24, 2.45) is 0 Å². The zero-order chi connectivity index (χ0) is 21.0. The molecular weight excluding hydrogens is 392 g/mol. The van der Waals surface area contributed by atoms with E-state index in [1.165, 1.54) is 21.3 Å². The Morgan fingerprint density at radius 3 is 2.33 bits per heavy atom. The molecule has 1 unspecified atom stereocenters. The fraction of sp³-hybridized carbons (Fsp3) is 0.227. The zero-order valence-electron chi connectivity index (χ0n) is 16.5. The first-order chi connectivity index (χ1) is 14.6. The van der Waals surface area contributed by atoms with Crippen LogP contribution in [0.3, 0.4) is 0 Å². The number of esters is 1. The number of hydrogen-bond donors (Lipinski definition) is 1. The number of phenolic OH excluding ortho intramolecular Hbond substituents is 1. The number of aromatic hydroxyl groups is 1. The molecule has 5 rings (SSSR count). The van der Waals surface area contributed by atoms with Crippen molar-refractivity contribution in [2.45, 2.75) is 6.29 Å². The highest BCUT2D eigenvalue weighted by molar-refractivity contribution is 6.14. The number of cyclic esters (lactones) is 1. The van der Waals surface area contributed by atoms with Gasteiger partial charge in [0.1, 0.15) is 5.75 Å². The molecule has 0 saturated carbocycles. The van der Waals surface area contributed by atoms with E-state index < -0.39 is 12.3 Å². The van der Waals surface area contributed by atoms with Crippen LogP contribution in [0.1, 0.15) is 22.2 Å². The highest BCUT2D eigenvalue weighted by Crippen LogP contribution is 2.51. The molecule has 2 aliphatic rings. The summed E-state index contributed by atoms with van der Waals surface area (Å²) in [7, 11) is 4.44. The number of ether oxygens (including phenoxy) is 6. The maximum atomic E-state index is 12.8. The number of fused-ring (bicyclic) bond motifs is 3. The van der Waals surface area contributed by atoms with Gasteiger partial charge in [-0.2, -0.15) is 0 Å². The number of carbonyl (C=O) groups is 1. The quantitative estimate of drug-likeness (QED) is 0.650. The van der Waals surface area contributed by atoms with Crippen molar-refractivity contribution in [3.63, 3.8) is 0 Å². The molecule has 1 atom stereocenters. The second kappa shape index (κ2) is 6.70. The van der Waals surface area contributed by atoms with E-state index >= 15 is 0 Å². The molecule has 0 spiro atoms. The average molecular weight is 410 g/mol. The smallest absolute Gasteiger partial charge is 0.342 e. The van der Waals surface area contributed by atoms with Crippen LogP contribution in [0.25, 0.3) is 21.9 Å². The number of methoxy groups -OCH3 is 3. The standard InChI is InChI=1S/C22H18O8/c1-25-14-7-11-12(8-15(14)26-2)20(23)19-18(21(24)30-22(19)27-3)17(11)10-4-5-13-16(6-10)29-9-28-13/h4-8,22-23H,9H2,1-3H3. The van der Waals surface area contributed by atoms with Gasteiger partial charge in [-0.15, -0.1) is 0 Å². The number of rotatable bonds is 4. The first kappa shape index (κ1) is 18.4. The molecule has 0 aromatic heterocycles.